The quantitative estimate of drug-likeness (QED) is 0.634. The Morgan fingerprint density at radius 2 is 1.96 bits per heavy atom. The van der Waals surface area contributed by atoms with Crippen molar-refractivity contribution in [3.05, 3.63) is 52.2 Å². The van der Waals surface area contributed by atoms with E-state index in [2.05, 4.69) is 76.8 Å². The smallest absolute Gasteiger partial charge is 0.101 e. The Labute approximate surface area is 163 Å². The van der Waals surface area contributed by atoms with Gasteiger partial charge in [0.25, 0.3) is 0 Å². The zero-order valence-electron chi connectivity index (χ0n) is 14.9. The fourth-order valence-corrected chi connectivity index (χ4v) is 4.89. The molecule has 0 bridgehead atoms. The Hall–Kier alpha value is -0.750. The summed E-state index contributed by atoms with van der Waals surface area (Å²) in [6.07, 6.45) is 6.91. The van der Waals surface area contributed by atoms with Crippen molar-refractivity contribution in [2.75, 3.05) is 18.8 Å². The number of ether oxygens (including phenoxy) is 1. The molecule has 1 atom stereocenters. The first-order valence-corrected chi connectivity index (χ1v) is 10.8. The minimum atomic E-state index is 0.215. The fraction of sp³-hybridized carbons (Fsp3) is 0.500. The van der Waals surface area contributed by atoms with Crippen LogP contribution in [0, 0.1) is 5.92 Å². The van der Waals surface area contributed by atoms with E-state index in [1.54, 1.807) is 0 Å². The van der Waals surface area contributed by atoms with E-state index in [9.17, 15) is 0 Å². The molecule has 0 saturated carbocycles. The van der Waals surface area contributed by atoms with Gasteiger partial charge in [0.05, 0.1) is 12.3 Å². The standard InChI is InChI=1S/C20H27BrN2OS/c1-14(2)24-18-9-8-16(21)12-15(18)13-25-19-7-4-3-6-17(19)20-22-10-5-11-23-20/h3-4,6-9,14-15,20,22-23H,5,10-13H2,1-2H3. The lowest BCUT2D eigenvalue weighted by Crippen LogP contribution is -2.41. The average Bonchev–Trinajstić information content (AvgIpc) is 2.62. The maximum absolute atomic E-state index is 6.04. The van der Waals surface area contributed by atoms with E-state index in [0.717, 1.165) is 31.0 Å². The molecule has 1 unspecified atom stereocenters. The molecule has 136 valence electrons. The van der Waals surface area contributed by atoms with Crippen LogP contribution in [0.1, 0.15) is 38.4 Å². The number of hydrogen-bond donors (Lipinski definition) is 2. The Kier molecular flexibility index (Phi) is 7.05. The molecule has 1 aromatic carbocycles. The minimum absolute atomic E-state index is 0.215. The second-order valence-corrected chi connectivity index (χ2v) is 8.87. The van der Waals surface area contributed by atoms with Crippen molar-refractivity contribution in [1.29, 1.82) is 0 Å². The molecule has 0 spiro atoms. The van der Waals surface area contributed by atoms with E-state index >= 15 is 0 Å². The highest BCUT2D eigenvalue weighted by Crippen LogP contribution is 2.36. The summed E-state index contributed by atoms with van der Waals surface area (Å²) in [7, 11) is 0. The molecule has 3 nitrogen and oxygen atoms in total. The Balaban J connectivity index is 1.68. The molecule has 5 heteroatoms. The first kappa shape index (κ1) is 19.0. The maximum Gasteiger partial charge on any atom is 0.101 e. The van der Waals surface area contributed by atoms with Crippen LogP contribution in [0.2, 0.25) is 0 Å². The molecule has 1 saturated heterocycles. The molecule has 0 amide bonds. The van der Waals surface area contributed by atoms with Gasteiger partial charge in [0.15, 0.2) is 0 Å². The summed E-state index contributed by atoms with van der Waals surface area (Å²) in [6.45, 7) is 6.33. The molecule has 2 aliphatic rings. The first-order valence-electron chi connectivity index (χ1n) is 9.05. The summed E-state index contributed by atoms with van der Waals surface area (Å²) in [6, 6.07) is 8.73. The minimum Gasteiger partial charge on any atom is -0.495 e. The SMILES string of the molecule is CC(C)OC1=CC=C(Br)CC1CSc1ccccc1C1NCCCN1. The zero-order valence-corrected chi connectivity index (χ0v) is 17.3. The monoisotopic (exact) mass is 422 g/mol. The van der Waals surface area contributed by atoms with Gasteiger partial charge < -0.3 is 4.74 Å². The molecule has 1 aromatic rings. The molecule has 0 aromatic heterocycles. The first-order chi connectivity index (χ1) is 12.1. The van der Waals surface area contributed by atoms with Gasteiger partial charge in [-0.05, 0) is 68.0 Å². The molecule has 3 rings (SSSR count). The number of benzene rings is 1. The van der Waals surface area contributed by atoms with Crippen LogP contribution in [-0.2, 0) is 4.74 Å². The van der Waals surface area contributed by atoms with E-state index < -0.39 is 0 Å². The van der Waals surface area contributed by atoms with Crippen molar-refractivity contribution in [3.8, 4) is 0 Å². The predicted octanol–water partition coefficient (Wildman–Crippen LogP) is 4.97. The topological polar surface area (TPSA) is 33.3 Å². The number of halogens is 1. The third-order valence-electron chi connectivity index (χ3n) is 4.36. The molecular formula is C20H27BrN2OS. The molecule has 2 N–H and O–H groups in total. The average molecular weight is 423 g/mol. The number of hydrogen-bond acceptors (Lipinski definition) is 4. The van der Waals surface area contributed by atoms with E-state index in [0.29, 0.717) is 5.92 Å². The van der Waals surface area contributed by atoms with Crippen LogP contribution in [0.4, 0.5) is 0 Å². The molecule has 1 aliphatic heterocycles. The van der Waals surface area contributed by atoms with Gasteiger partial charge in [0.2, 0.25) is 0 Å². The molecule has 0 radical (unpaired) electrons. The van der Waals surface area contributed by atoms with E-state index in [1.165, 1.54) is 21.4 Å². The van der Waals surface area contributed by atoms with Crippen LogP contribution in [-0.4, -0.2) is 24.9 Å². The summed E-state index contributed by atoms with van der Waals surface area (Å²) >= 11 is 5.59. The highest BCUT2D eigenvalue weighted by molar-refractivity contribution is 9.11. The summed E-state index contributed by atoms with van der Waals surface area (Å²) in [4.78, 5) is 1.35. The third-order valence-corrected chi connectivity index (χ3v) is 6.20. The second-order valence-electron chi connectivity index (χ2n) is 6.79. The van der Waals surface area contributed by atoms with E-state index in [-0.39, 0.29) is 12.3 Å². The van der Waals surface area contributed by atoms with Crippen LogP contribution in [0.15, 0.2) is 51.6 Å². The fourth-order valence-electron chi connectivity index (χ4n) is 3.18. The van der Waals surface area contributed by atoms with Crippen LogP contribution >= 0.6 is 27.7 Å². The Morgan fingerprint density at radius 3 is 2.72 bits per heavy atom. The Bertz CT molecular complexity index is 638. The van der Waals surface area contributed by atoms with Crippen molar-refractivity contribution in [2.24, 2.45) is 5.92 Å². The summed E-state index contributed by atoms with van der Waals surface area (Å²) in [5, 5.41) is 7.16. The lowest BCUT2D eigenvalue weighted by molar-refractivity contribution is 0.123. The van der Waals surface area contributed by atoms with Crippen molar-refractivity contribution in [2.45, 2.75) is 43.9 Å². The number of nitrogens with one attached hydrogen (secondary N) is 2. The summed E-state index contributed by atoms with van der Waals surface area (Å²) in [5.41, 5.74) is 1.35. The number of allylic oxidation sites excluding steroid dienone is 4. The van der Waals surface area contributed by atoms with Gasteiger partial charge in [-0.25, -0.2) is 0 Å². The Morgan fingerprint density at radius 1 is 1.20 bits per heavy atom. The van der Waals surface area contributed by atoms with Gasteiger partial charge in [0.1, 0.15) is 5.76 Å². The maximum atomic E-state index is 6.04. The van der Waals surface area contributed by atoms with E-state index in [1.807, 2.05) is 11.8 Å². The number of rotatable bonds is 6. The highest BCUT2D eigenvalue weighted by Gasteiger charge is 2.23. The van der Waals surface area contributed by atoms with Gasteiger partial charge in [-0.15, -0.1) is 11.8 Å². The summed E-state index contributed by atoms with van der Waals surface area (Å²) in [5.74, 6) is 2.54. The van der Waals surface area contributed by atoms with Crippen molar-refractivity contribution < 1.29 is 4.74 Å². The third kappa shape index (κ3) is 5.36. The molecule has 1 aliphatic carbocycles. The second kappa shape index (κ2) is 9.26. The van der Waals surface area contributed by atoms with Crippen molar-refractivity contribution in [3.63, 3.8) is 0 Å². The highest BCUT2D eigenvalue weighted by atomic mass is 79.9. The molecule has 1 fully saturated rings. The lowest BCUT2D eigenvalue weighted by Gasteiger charge is -2.28. The van der Waals surface area contributed by atoms with Crippen LogP contribution < -0.4 is 10.6 Å². The number of thioether (sulfide) groups is 1. The summed E-state index contributed by atoms with van der Waals surface area (Å²) < 4.78 is 7.29. The lowest BCUT2D eigenvalue weighted by atomic mass is 10.0. The van der Waals surface area contributed by atoms with Gasteiger partial charge in [-0.1, -0.05) is 34.1 Å². The van der Waals surface area contributed by atoms with Crippen LogP contribution in [0.3, 0.4) is 0 Å². The largest absolute Gasteiger partial charge is 0.495 e. The molecule has 1 heterocycles. The van der Waals surface area contributed by atoms with Gasteiger partial charge in [-0.3, -0.25) is 10.6 Å². The van der Waals surface area contributed by atoms with Crippen LogP contribution in [0.25, 0.3) is 0 Å². The van der Waals surface area contributed by atoms with Crippen molar-refractivity contribution >= 4 is 27.7 Å². The normalized spacial score (nSPS) is 21.8. The van der Waals surface area contributed by atoms with Crippen molar-refractivity contribution in [1.82, 2.24) is 10.6 Å². The van der Waals surface area contributed by atoms with E-state index in [4.69, 9.17) is 4.74 Å². The van der Waals surface area contributed by atoms with Gasteiger partial charge >= 0.3 is 0 Å². The zero-order chi connectivity index (χ0) is 17.6. The van der Waals surface area contributed by atoms with Crippen LogP contribution in [0.5, 0.6) is 0 Å². The van der Waals surface area contributed by atoms with Gasteiger partial charge in [-0.2, -0.15) is 0 Å². The predicted molar refractivity (Wildman–Crippen MR) is 110 cm³/mol. The molecule has 25 heavy (non-hydrogen) atoms. The van der Waals surface area contributed by atoms with Gasteiger partial charge in [0, 0.05) is 16.6 Å². The molecular weight excluding hydrogens is 396 g/mol.